The van der Waals surface area contributed by atoms with Crippen molar-refractivity contribution in [1.82, 2.24) is 29.6 Å². The number of nitrogens with one attached hydrogen (secondary N) is 1. The summed E-state index contributed by atoms with van der Waals surface area (Å²) in [6, 6.07) is 6.27. The molecule has 10 heteroatoms. The van der Waals surface area contributed by atoms with Crippen LogP contribution in [0.25, 0.3) is 16.6 Å². The van der Waals surface area contributed by atoms with E-state index in [1.165, 1.54) is 34.4 Å². The third kappa shape index (κ3) is 3.55. The molecule has 0 fully saturated rings. The van der Waals surface area contributed by atoms with Gasteiger partial charge in [0.1, 0.15) is 11.2 Å². The van der Waals surface area contributed by atoms with Gasteiger partial charge in [0.25, 0.3) is 5.56 Å². The number of fused-ring (bicyclic) bond motifs is 2. The van der Waals surface area contributed by atoms with Crippen molar-refractivity contribution in [3.05, 3.63) is 74.0 Å². The smallest absolute Gasteiger partial charge is 0.282 e. The highest BCUT2D eigenvalue weighted by atomic mass is 35.5. The fourth-order valence-corrected chi connectivity index (χ4v) is 4.70. The van der Waals surface area contributed by atoms with E-state index in [0.717, 1.165) is 12.2 Å². The van der Waals surface area contributed by atoms with Crippen LogP contribution in [0, 0.1) is 6.92 Å². The Labute approximate surface area is 200 Å². The van der Waals surface area contributed by atoms with Gasteiger partial charge in [0, 0.05) is 36.4 Å². The first-order chi connectivity index (χ1) is 15.7. The number of aryl methyl sites for hydroxylation is 1. The van der Waals surface area contributed by atoms with Gasteiger partial charge in [-0.2, -0.15) is 9.78 Å². The molecule has 5 rings (SSSR count). The van der Waals surface area contributed by atoms with Crippen LogP contribution in [0.2, 0.25) is 10.0 Å². The summed E-state index contributed by atoms with van der Waals surface area (Å²) in [5.41, 5.74) is 4.30. The fraction of sp³-hybridized carbons (Fsp3) is 0.261. The highest BCUT2D eigenvalue weighted by molar-refractivity contribution is 6.37. The van der Waals surface area contributed by atoms with Crippen LogP contribution in [0.1, 0.15) is 30.7 Å². The molecule has 0 amide bonds. The number of benzene rings is 1. The lowest BCUT2D eigenvalue weighted by Crippen LogP contribution is -2.31. The van der Waals surface area contributed by atoms with Crippen molar-refractivity contribution in [2.45, 2.75) is 32.9 Å². The van der Waals surface area contributed by atoms with E-state index in [-0.39, 0.29) is 21.3 Å². The summed E-state index contributed by atoms with van der Waals surface area (Å²) in [5.74, 6) is 0.384. The van der Waals surface area contributed by atoms with E-state index in [2.05, 4.69) is 63.3 Å². The maximum Gasteiger partial charge on any atom is 0.282 e. The molecule has 4 heterocycles. The number of aromatic nitrogens is 5. The van der Waals surface area contributed by atoms with Gasteiger partial charge in [-0.3, -0.25) is 14.7 Å². The summed E-state index contributed by atoms with van der Waals surface area (Å²) in [5, 5.41) is 8.41. The van der Waals surface area contributed by atoms with E-state index >= 15 is 0 Å². The Bertz CT molecular complexity index is 1460. The second-order valence-corrected chi connectivity index (χ2v) is 9.44. The van der Waals surface area contributed by atoms with Crippen LogP contribution in [0.3, 0.4) is 0 Å². The molecule has 0 saturated carbocycles. The van der Waals surface area contributed by atoms with Gasteiger partial charge in [-0.25, -0.2) is 9.97 Å². The van der Waals surface area contributed by atoms with Crippen molar-refractivity contribution in [1.29, 1.82) is 0 Å². The summed E-state index contributed by atoms with van der Waals surface area (Å²) in [6.45, 7) is 7.07. The van der Waals surface area contributed by atoms with E-state index in [0.29, 0.717) is 22.5 Å². The first kappa shape index (κ1) is 21.8. The predicted molar refractivity (Wildman–Crippen MR) is 130 cm³/mol. The number of hydrogen-bond acceptors (Lipinski definition) is 7. The maximum absolute atomic E-state index is 13.1. The van der Waals surface area contributed by atoms with Gasteiger partial charge < -0.3 is 5.32 Å². The summed E-state index contributed by atoms with van der Waals surface area (Å²) in [4.78, 5) is 28.3. The van der Waals surface area contributed by atoms with Gasteiger partial charge in [0.05, 0.1) is 21.1 Å². The summed E-state index contributed by atoms with van der Waals surface area (Å²) >= 11 is 12.5. The molecule has 4 aromatic rings. The first-order valence-corrected chi connectivity index (χ1v) is 11.1. The molecule has 168 valence electrons. The zero-order valence-electron chi connectivity index (χ0n) is 18.5. The van der Waals surface area contributed by atoms with Crippen LogP contribution in [0.5, 0.6) is 0 Å². The molecule has 3 aromatic heterocycles. The molecule has 1 aliphatic rings. The topological polar surface area (TPSA) is 88.8 Å². The van der Waals surface area contributed by atoms with Crippen molar-refractivity contribution in [2.24, 2.45) is 0 Å². The minimum atomic E-state index is -0.417. The third-order valence-corrected chi connectivity index (χ3v) is 6.78. The average molecular weight is 482 g/mol. The number of rotatable bonds is 3. The zero-order valence-corrected chi connectivity index (χ0v) is 20.0. The average Bonchev–Trinajstić information content (AvgIpc) is 2.99. The van der Waals surface area contributed by atoms with Crippen molar-refractivity contribution < 1.29 is 0 Å². The highest BCUT2D eigenvalue weighted by Gasteiger charge is 2.34. The molecule has 0 saturated heterocycles. The molecule has 0 bridgehead atoms. The van der Waals surface area contributed by atoms with Crippen LogP contribution in [0.15, 0.2) is 41.6 Å². The normalized spacial score (nSPS) is 15.1. The Morgan fingerprint density at radius 2 is 1.85 bits per heavy atom. The van der Waals surface area contributed by atoms with E-state index in [1.54, 1.807) is 6.92 Å². The third-order valence-electron chi connectivity index (χ3n) is 6.23. The van der Waals surface area contributed by atoms with Crippen molar-refractivity contribution >= 4 is 45.7 Å². The van der Waals surface area contributed by atoms with Crippen molar-refractivity contribution in [3.63, 3.8) is 0 Å². The lowest BCUT2D eigenvalue weighted by molar-refractivity contribution is 0.178. The number of nitrogens with zero attached hydrogens (tertiary/aromatic N) is 6. The lowest BCUT2D eigenvalue weighted by Gasteiger charge is -2.28. The Balaban J connectivity index is 1.54. The Kier molecular flexibility index (Phi) is 5.12. The monoisotopic (exact) mass is 481 g/mol. The molecule has 0 atom stereocenters. The number of hydrogen-bond donors (Lipinski definition) is 1. The van der Waals surface area contributed by atoms with Gasteiger partial charge >= 0.3 is 0 Å². The second-order valence-electron chi connectivity index (χ2n) is 8.62. The van der Waals surface area contributed by atoms with Crippen LogP contribution < -0.4 is 10.9 Å². The molecule has 0 radical (unpaired) electrons. The minimum Gasteiger partial charge on any atom is -0.324 e. The van der Waals surface area contributed by atoms with E-state index in [4.69, 9.17) is 23.2 Å². The lowest BCUT2D eigenvalue weighted by atomic mass is 9.94. The zero-order chi connectivity index (χ0) is 23.5. The van der Waals surface area contributed by atoms with Gasteiger partial charge in [0.2, 0.25) is 5.95 Å². The minimum absolute atomic E-state index is 0.00337. The maximum atomic E-state index is 13.1. The summed E-state index contributed by atoms with van der Waals surface area (Å²) in [6.07, 6.45) is 4.32. The van der Waals surface area contributed by atoms with Gasteiger partial charge in [-0.05, 0) is 51.1 Å². The van der Waals surface area contributed by atoms with Crippen LogP contribution in [-0.4, -0.2) is 36.7 Å². The van der Waals surface area contributed by atoms with E-state index in [1.807, 2.05) is 6.07 Å². The van der Waals surface area contributed by atoms with Crippen LogP contribution in [0.4, 0.5) is 11.6 Å². The second kappa shape index (κ2) is 7.76. The fourth-order valence-electron chi connectivity index (χ4n) is 4.18. The SMILES string of the molecule is Cc1nn(-c2c(Cl)cncc2Cl)c(=O)c2cnc(Nc3ccc4c(c3)CN(C)C4(C)C)nc12. The molecular formula is C23H21Cl2N7O. The molecule has 0 spiro atoms. The largest absolute Gasteiger partial charge is 0.324 e. The van der Waals surface area contributed by atoms with E-state index in [9.17, 15) is 4.79 Å². The number of pyridine rings is 1. The molecule has 0 aliphatic carbocycles. The predicted octanol–water partition coefficient (Wildman–Crippen LogP) is 4.61. The van der Waals surface area contributed by atoms with E-state index < -0.39 is 5.56 Å². The molecule has 1 aliphatic heterocycles. The summed E-state index contributed by atoms with van der Waals surface area (Å²) in [7, 11) is 2.12. The Morgan fingerprint density at radius 1 is 1.12 bits per heavy atom. The van der Waals surface area contributed by atoms with Gasteiger partial charge in [0.15, 0.2) is 0 Å². The highest BCUT2D eigenvalue weighted by Crippen LogP contribution is 2.38. The molecule has 1 aromatic carbocycles. The van der Waals surface area contributed by atoms with Crippen LogP contribution in [-0.2, 0) is 12.1 Å². The molecule has 8 nitrogen and oxygen atoms in total. The van der Waals surface area contributed by atoms with Crippen molar-refractivity contribution in [2.75, 3.05) is 12.4 Å². The Hall–Kier alpha value is -3.07. The molecule has 33 heavy (non-hydrogen) atoms. The standard InChI is InChI=1S/C23H21Cl2N7O/c1-12-19-15(21(33)32(30-12)20-17(24)9-26-10-18(20)25)8-27-22(29-19)28-14-5-6-16-13(7-14)11-31(4)23(16,2)3/h5-10H,11H2,1-4H3,(H,27,28,29). The van der Waals surface area contributed by atoms with Crippen LogP contribution >= 0.6 is 23.2 Å². The molecule has 1 N–H and O–H groups in total. The quantitative estimate of drug-likeness (QED) is 0.456. The van der Waals surface area contributed by atoms with Gasteiger partial charge in [-0.15, -0.1) is 0 Å². The number of anilines is 2. The first-order valence-electron chi connectivity index (χ1n) is 10.3. The Morgan fingerprint density at radius 3 is 2.58 bits per heavy atom. The number of halogens is 2. The van der Waals surface area contributed by atoms with Crippen molar-refractivity contribution in [3.8, 4) is 5.69 Å². The van der Waals surface area contributed by atoms with Gasteiger partial charge in [-0.1, -0.05) is 29.3 Å². The molecular weight excluding hydrogens is 461 g/mol. The summed E-state index contributed by atoms with van der Waals surface area (Å²) < 4.78 is 1.17. The molecule has 0 unspecified atom stereocenters.